The Hall–Kier alpha value is -3.67. The van der Waals surface area contributed by atoms with E-state index in [0.29, 0.717) is 16.9 Å². The summed E-state index contributed by atoms with van der Waals surface area (Å²) in [5.41, 5.74) is 1.24. The van der Waals surface area contributed by atoms with Gasteiger partial charge >= 0.3 is 11.9 Å². The molecule has 0 saturated carbocycles. The van der Waals surface area contributed by atoms with E-state index in [0.717, 1.165) is 18.6 Å². The van der Waals surface area contributed by atoms with E-state index in [9.17, 15) is 14.0 Å². The fraction of sp³-hybridized carbons (Fsp3) is 0.0476. The molecule has 0 aliphatic carbocycles. The molecule has 0 spiro atoms. The molecule has 0 saturated heterocycles. The Kier molecular flexibility index (Phi) is 6.66. The topological polar surface area (TPSA) is 61.8 Å². The molecule has 0 N–H and O–H groups in total. The summed E-state index contributed by atoms with van der Waals surface area (Å²) in [6.07, 6.45) is 3.14. The van der Waals surface area contributed by atoms with Crippen LogP contribution in [0.25, 0.3) is 11.1 Å². The van der Waals surface area contributed by atoms with E-state index in [2.05, 4.69) is 17.9 Å². The molecule has 6 heteroatoms. The Labute approximate surface area is 156 Å². The fourth-order valence-corrected chi connectivity index (χ4v) is 1.95. The highest BCUT2D eigenvalue weighted by atomic mass is 19.1. The van der Waals surface area contributed by atoms with Crippen LogP contribution in [0.4, 0.5) is 4.39 Å². The van der Waals surface area contributed by atoms with Crippen molar-refractivity contribution in [3.05, 3.63) is 85.6 Å². The first-order valence-electron chi connectivity index (χ1n) is 7.83. The SMILES string of the molecule is C=CC(=O)OC=COc1ccc(-c2ccc(OC(=O)C(=C)C)cc2)c(F)c1. The van der Waals surface area contributed by atoms with Crippen molar-refractivity contribution in [2.75, 3.05) is 0 Å². The van der Waals surface area contributed by atoms with E-state index in [-0.39, 0.29) is 11.3 Å². The normalized spacial score (nSPS) is 10.3. The van der Waals surface area contributed by atoms with Gasteiger partial charge in [0.25, 0.3) is 0 Å². The molecule has 138 valence electrons. The van der Waals surface area contributed by atoms with Gasteiger partial charge in [-0.25, -0.2) is 14.0 Å². The first kappa shape index (κ1) is 19.7. The van der Waals surface area contributed by atoms with E-state index in [4.69, 9.17) is 9.47 Å². The zero-order valence-electron chi connectivity index (χ0n) is 14.6. The molecule has 27 heavy (non-hydrogen) atoms. The van der Waals surface area contributed by atoms with Crippen LogP contribution in [0.15, 0.2) is 79.8 Å². The van der Waals surface area contributed by atoms with Crippen LogP contribution in [-0.2, 0) is 14.3 Å². The van der Waals surface area contributed by atoms with Gasteiger partial charge in [0.2, 0.25) is 0 Å². The molecule has 0 aliphatic rings. The van der Waals surface area contributed by atoms with E-state index >= 15 is 0 Å². The van der Waals surface area contributed by atoms with Crippen LogP contribution >= 0.6 is 0 Å². The number of halogens is 1. The largest absolute Gasteiger partial charge is 0.462 e. The van der Waals surface area contributed by atoms with Gasteiger partial charge in [0, 0.05) is 23.3 Å². The lowest BCUT2D eigenvalue weighted by Gasteiger charge is -2.08. The van der Waals surface area contributed by atoms with Gasteiger partial charge in [0.15, 0.2) is 0 Å². The predicted molar refractivity (Wildman–Crippen MR) is 98.3 cm³/mol. The number of rotatable bonds is 7. The van der Waals surface area contributed by atoms with Crippen molar-refractivity contribution in [2.45, 2.75) is 6.92 Å². The van der Waals surface area contributed by atoms with Crippen LogP contribution in [0, 0.1) is 5.82 Å². The summed E-state index contributed by atoms with van der Waals surface area (Å²) >= 11 is 0. The molecule has 0 amide bonds. The summed E-state index contributed by atoms with van der Waals surface area (Å²) in [5.74, 6) is -1.09. The van der Waals surface area contributed by atoms with Gasteiger partial charge in [-0.05, 0) is 36.8 Å². The average Bonchev–Trinajstić information content (AvgIpc) is 2.65. The van der Waals surface area contributed by atoms with Crippen molar-refractivity contribution in [1.82, 2.24) is 0 Å². The van der Waals surface area contributed by atoms with E-state index < -0.39 is 17.8 Å². The summed E-state index contributed by atoms with van der Waals surface area (Å²) in [5, 5.41) is 0. The molecule has 0 fully saturated rings. The number of hydrogen-bond acceptors (Lipinski definition) is 5. The van der Waals surface area contributed by atoms with Crippen molar-refractivity contribution in [3.63, 3.8) is 0 Å². The smallest absolute Gasteiger partial charge is 0.338 e. The Morgan fingerprint density at radius 1 is 1.04 bits per heavy atom. The number of carbonyl (C=O) groups is 2. The molecule has 0 radical (unpaired) electrons. The van der Waals surface area contributed by atoms with Crippen LogP contribution in [0.5, 0.6) is 11.5 Å². The van der Waals surface area contributed by atoms with Crippen molar-refractivity contribution in [3.8, 4) is 22.6 Å². The monoisotopic (exact) mass is 368 g/mol. The maximum atomic E-state index is 14.3. The van der Waals surface area contributed by atoms with Crippen molar-refractivity contribution in [1.29, 1.82) is 0 Å². The number of carbonyl (C=O) groups excluding carboxylic acids is 2. The Bertz CT molecular complexity index is 897. The summed E-state index contributed by atoms with van der Waals surface area (Å²) in [7, 11) is 0. The molecule has 0 aromatic heterocycles. The van der Waals surface area contributed by atoms with E-state index in [1.54, 1.807) is 43.3 Å². The number of hydrogen-bond donors (Lipinski definition) is 0. The third-order valence-corrected chi connectivity index (χ3v) is 3.28. The average molecular weight is 368 g/mol. The van der Waals surface area contributed by atoms with Gasteiger partial charge in [-0.15, -0.1) is 0 Å². The van der Waals surface area contributed by atoms with Crippen LogP contribution < -0.4 is 9.47 Å². The highest BCUT2D eigenvalue weighted by Gasteiger charge is 2.09. The molecular weight excluding hydrogens is 351 g/mol. The lowest BCUT2D eigenvalue weighted by Crippen LogP contribution is -2.07. The molecule has 0 atom stereocenters. The first-order chi connectivity index (χ1) is 12.9. The van der Waals surface area contributed by atoms with Gasteiger partial charge < -0.3 is 14.2 Å². The molecule has 0 unspecified atom stereocenters. The van der Waals surface area contributed by atoms with E-state index in [1.165, 1.54) is 6.07 Å². The number of ether oxygens (including phenoxy) is 3. The maximum absolute atomic E-state index is 14.3. The van der Waals surface area contributed by atoms with Gasteiger partial charge in [-0.1, -0.05) is 25.3 Å². The molecule has 2 rings (SSSR count). The van der Waals surface area contributed by atoms with Crippen molar-refractivity contribution < 1.29 is 28.2 Å². The lowest BCUT2D eigenvalue weighted by molar-refractivity contribution is -0.132. The zero-order valence-corrected chi connectivity index (χ0v) is 14.6. The van der Waals surface area contributed by atoms with Gasteiger partial charge in [0.05, 0.1) is 0 Å². The first-order valence-corrected chi connectivity index (χ1v) is 7.83. The Morgan fingerprint density at radius 3 is 2.30 bits per heavy atom. The summed E-state index contributed by atoms with van der Waals surface area (Å²) in [4.78, 5) is 22.3. The van der Waals surface area contributed by atoms with Gasteiger partial charge in [0.1, 0.15) is 29.8 Å². The highest BCUT2D eigenvalue weighted by molar-refractivity contribution is 5.88. The van der Waals surface area contributed by atoms with E-state index in [1.807, 2.05) is 0 Å². The molecule has 5 nitrogen and oxygen atoms in total. The Balaban J connectivity index is 2.06. The summed E-state index contributed by atoms with van der Waals surface area (Å²) in [6.45, 7) is 8.30. The van der Waals surface area contributed by atoms with Crippen molar-refractivity contribution in [2.24, 2.45) is 0 Å². The second kappa shape index (κ2) is 9.15. The second-order valence-electron chi connectivity index (χ2n) is 5.37. The fourth-order valence-electron chi connectivity index (χ4n) is 1.95. The van der Waals surface area contributed by atoms with Gasteiger partial charge in [-0.3, -0.25) is 0 Å². The molecule has 2 aromatic carbocycles. The predicted octanol–water partition coefficient (Wildman–Crippen LogP) is 4.55. The number of benzene rings is 2. The summed E-state index contributed by atoms with van der Waals surface area (Å²) < 4.78 is 29.2. The maximum Gasteiger partial charge on any atom is 0.338 e. The molecule has 0 bridgehead atoms. The second-order valence-corrected chi connectivity index (χ2v) is 5.37. The standard InChI is InChI=1S/C21H17FO5/c1-4-20(23)26-12-11-25-17-9-10-18(19(22)13-17)15-5-7-16(8-6-15)27-21(24)14(2)3/h4-13H,1-2H2,3H3. The molecule has 0 aliphatic heterocycles. The molecule has 0 heterocycles. The van der Waals surface area contributed by atoms with Crippen LogP contribution in [0.1, 0.15) is 6.92 Å². The minimum atomic E-state index is -0.631. The molecular formula is C21H17FO5. The van der Waals surface area contributed by atoms with Crippen molar-refractivity contribution >= 4 is 11.9 Å². The zero-order chi connectivity index (χ0) is 19.8. The van der Waals surface area contributed by atoms with Crippen LogP contribution in [0.2, 0.25) is 0 Å². The lowest BCUT2D eigenvalue weighted by atomic mass is 10.0. The highest BCUT2D eigenvalue weighted by Crippen LogP contribution is 2.28. The quantitative estimate of drug-likeness (QED) is 0.310. The molecule has 2 aromatic rings. The summed E-state index contributed by atoms with van der Waals surface area (Å²) in [6, 6.07) is 10.7. The van der Waals surface area contributed by atoms with Gasteiger partial charge in [-0.2, -0.15) is 0 Å². The Morgan fingerprint density at radius 2 is 1.70 bits per heavy atom. The third kappa shape index (κ3) is 5.67. The van der Waals surface area contributed by atoms with Crippen LogP contribution in [-0.4, -0.2) is 11.9 Å². The minimum absolute atomic E-state index is 0.231. The minimum Gasteiger partial charge on any atom is -0.462 e. The number of esters is 2. The van der Waals surface area contributed by atoms with Crippen LogP contribution in [0.3, 0.4) is 0 Å². The third-order valence-electron chi connectivity index (χ3n) is 3.28.